The van der Waals surface area contributed by atoms with Gasteiger partial charge in [0.05, 0.1) is 11.4 Å². The molecule has 1 N–H and O–H groups in total. The summed E-state index contributed by atoms with van der Waals surface area (Å²) in [5.41, 5.74) is 1.12. The van der Waals surface area contributed by atoms with Crippen LogP contribution in [0.3, 0.4) is 0 Å². The van der Waals surface area contributed by atoms with Crippen molar-refractivity contribution in [2.24, 2.45) is 0 Å². The third-order valence-corrected chi connectivity index (χ3v) is 7.08. The topological polar surface area (TPSA) is 105 Å². The van der Waals surface area contributed by atoms with Crippen LogP contribution < -0.4 is 19.1 Å². The maximum atomic E-state index is 13.5. The highest BCUT2D eigenvalue weighted by atomic mass is 32.2. The summed E-state index contributed by atoms with van der Waals surface area (Å²) in [7, 11) is -3.80. The molecule has 2 aromatic rings. The number of anilines is 1. The van der Waals surface area contributed by atoms with Gasteiger partial charge < -0.3 is 19.7 Å². The van der Waals surface area contributed by atoms with Gasteiger partial charge in [0.2, 0.25) is 28.6 Å². The van der Waals surface area contributed by atoms with E-state index in [-0.39, 0.29) is 25.0 Å². The van der Waals surface area contributed by atoms with Crippen molar-refractivity contribution in [2.75, 3.05) is 29.9 Å². The van der Waals surface area contributed by atoms with Gasteiger partial charge in [-0.15, -0.1) is 0 Å². The Labute approximate surface area is 194 Å². The molecule has 178 valence electrons. The number of nitrogens with zero attached hydrogens (tertiary/aromatic N) is 2. The summed E-state index contributed by atoms with van der Waals surface area (Å²) < 4.78 is 37.6. The Bertz CT molecular complexity index is 1090. The number of hydrogen-bond acceptors (Lipinski definition) is 6. The van der Waals surface area contributed by atoms with E-state index >= 15 is 0 Å². The molecule has 0 bridgehead atoms. The zero-order valence-corrected chi connectivity index (χ0v) is 19.8. The largest absolute Gasteiger partial charge is 0.454 e. The number of ether oxygens (including phenoxy) is 2. The van der Waals surface area contributed by atoms with Crippen molar-refractivity contribution >= 4 is 27.5 Å². The Morgan fingerprint density at radius 1 is 1.06 bits per heavy atom. The molecule has 0 saturated carbocycles. The molecule has 0 aromatic heterocycles. The van der Waals surface area contributed by atoms with Gasteiger partial charge in [0.15, 0.2) is 11.5 Å². The average molecular weight is 476 g/mol. The molecular weight excluding hydrogens is 446 g/mol. The van der Waals surface area contributed by atoms with E-state index in [9.17, 15) is 18.0 Å². The van der Waals surface area contributed by atoms with Crippen molar-refractivity contribution in [3.8, 4) is 11.5 Å². The zero-order valence-electron chi connectivity index (χ0n) is 19.0. The van der Waals surface area contributed by atoms with Crippen molar-refractivity contribution in [1.82, 2.24) is 10.2 Å². The second kappa shape index (κ2) is 10.6. The van der Waals surface area contributed by atoms with Crippen LogP contribution >= 0.6 is 0 Å². The Hall–Kier alpha value is -3.27. The van der Waals surface area contributed by atoms with Gasteiger partial charge in [-0.3, -0.25) is 13.9 Å². The molecule has 33 heavy (non-hydrogen) atoms. The lowest BCUT2D eigenvalue weighted by Gasteiger charge is -2.31. The summed E-state index contributed by atoms with van der Waals surface area (Å²) in [5, 5.41) is 2.73. The molecule has 0 unspecified atom stereocenters. The number of fused-ring (bicyclic) bond motifs is 1. The Morgan fingerprint density at radius 2 is 1.76 bits per heavy atom. The van der Waals surface area contributed by atoms with Crippen LogP contribution in [-0.4, -0.2) is 56.8 Å². The minimum Gasteiger partial charge on any atom is -0.454 e. The highest BCUT2D eigenvalue weighted by Gasteiger charge is 2.31. The highest BCUT2D eigenvalue weighted by molar-refractivity contribution is 7.92. The minimum atomic E-state index is -3.80. The van der Waals surface area contributed by atoms with E-state index in [1.54, 1.807) is 26.0 Å². The van der Waals surface area contributed by atoms with Crippen molar-refractivity contribution in [1.29, 1.82) is 0 Å². The van der Waals surface area contributed by atoms with E-state index in [2.05, 4.69) is 5.32 Å². The van der Waals surface area contributed by atoms with Crippen molar-refractivity contribution < 1.29 is 27.5 Å². The second-order valence-electron chi connectivity index (χ2n) is 7.52. The molecule has 10 heteroatoms. The monoisotopic (exact) mass is 475 g/mol. The standard InChI is InChI=1S/C23H29N3O6S/c1-4-24-23(28)17(3)25(14-18-9-7-6-8-10-18)22(27)15-26(33(29,30)5-2)19-11-12-20-21(13-19)32-16-31-20/h6-13,17H,4-5,14-16H2,1-3H3,(H,24,28)/t17-/m0/s1. The molecular formula is C23H29N3O6S. The third-order valence-electron chi connectivity index (χ3n) is 5.34. The van der Waals surface area contributed by atoms with Crippen LogP contribution in [0.25, 0.3) is 0 Å². The number of sulfonamides is 1. The maximum absolute atomic E-state index is 13.5. The summed E-state index contributed by atoms with van der Waals surface area (Å²) in [6.45, 7) is 5.12. The molecule has 1 atom stereocenters. The molecule has 1 heterocycles. The molecule has 9 nitrogen and oxygen atoms in total. The van der Waals surface area contributed by atoms with Crippen LogP contribution in [-0.2, 0) is 26.2 Å². The van der Waals surface area contributed by atoms with E-state index in [0.29, 0.717) is 23.7 Å². The third kappa shape index (κ3) is 5.75. The number of carbonyl (C=O) groups is 2. The van der Waals surface area contributed by atoms with Gasteiger partial charge in [-0.2, -0.15) is 0 Å². The molecule has 1 aliphatic heterocycles. The average Bonchev–Trinajstić information content (AvgIpc) is 3.29. The smallest absolute Gasteiger partial charge is 0.244 e. The normalized spacial score (nSPS) is 13.3. The van der Waals surface area contributed by atoms with Gasteiger partial charge in [-0.05, 0) is 38.5 Å². The number of benzene rings is 2. The summed E-state index contributed by atoms with van der Waals surface area (Å²) in [6.07, 6.45) is 0. The SMILES string of the molecule is CCNC(=O)[C@H](C)N(Cc1ccccc1)C(=O)CN(c1ccc2c(c1)OCO2)S(=O)(=O)CC. The van der Waals surface area contributed by atoms with Crippen LogP contribution in [0.5, 0.6) is 11.5 Å². The molecule has 2 aromatic carbocycles. The van der Waals surface area contributed by atoms with Crippen LogP contribution in [0.15, 0.2) is 48.5 Å². The first-order valence-corrected chi connectivity index (χ1v) is 12.4. The molecule has 2 amide bonds. The van der Waals surface area contributed by atoms with Gasteiger partial charge in [-0.25, -0.2) is 8.42 Å². The van der Waals surface area contributed by atoms with Gasteiger partial charge in [0.25, 0.3) is 0 Å². The van der Waals surface area contributed by atoms with Gasteiger partial charge in [0.1, 0.15) is 12.6 Å². The van der Waals surface area contributed by atoms with E-state index in [4.69, 9.17) is 9.47 Å². The Morgan fingerprint density at radius 3 is 2.42 bits per heavy atom. The van der Waals surface area contributed by atoms with Crippen LogP contribution in [0.2, 0.25) is 0 Å². The molecule has 3 rings (SSSR count). The lowest BCUT2D eigenvalue weighted by Crippen LogP contribution is -2.51. The highest BCUT2D eigenvalue weighted by Crippen LogP contribution is 2.36. The Kier molecular flexibility index (Phi) is 7.80. The molecule has 0 saturated heterocycles. The van der Waals surface area contributed by atoms with Crippen molar-refractivity contribution in [2.45, 2.75) is 33.4 Å². The summed E-state index contributed by atoms with van der Waals surface area (Å²) in [4.78, 5) is 27.4. The quantitative estimate of drug-likeness (QED) is 0.564. The van der Waals surface area contributed by atoms with Crippen LogP contribution in [0.4, 0.5) is 5.69 Å². The summed E-state index contributed by atoms with van der Waals surface area (Å²) in [6, 6.07) is 13.2. The fraction of sp³-hybridized carbons (Fsp3) is 0.391. The number of amides is 2. The molecule has 1 aliphatic rings. The minimum absolute atomic E-state index is 0.0488. The van der Waals surface area contributed by atoms with Crippen molar-refractivity contribution in [3.05, 3.63) is 54.1 Å². The van der Waals surface area contributed by atoms with E-state index in [1.807, 2.05) is 30.3 Å². The van der Waals surface area contributed by atoms with E-state index < -0.39 is 28.5 Å². The molecule has 0 aliphatic carbocycles. The van der Waals surface area contributed by atoms with Crippen LogP contribution in [0, 0.1) is 0 Å². The number of rotatable bonds is 10. The van der Waals surface area contributed by atoms with Gasteiger partial charge in [-0.1, -0.05) is 30.3 Å². The first-order chi connectivity index (χ1) is 15.8. The molecule has 0 fully saturated rings. The molecule has 0 spiro atoms. The predicted octanol–water partition coefficient (Wildman–Crippen LogP) is 2.12. The summed E-state index contributed by atoms with van der Waals surface area (Å²) in [5.74, 6) is -0.0798. The lowest BCUT2D eigenvalue weighted by molar-refractivity contribution is -0.139. The number of likely N-dealkylation sites (N-methyl/N-ethyl adjacent to an activating group) is 1. The second-order valence-corrected chi connectivity index (χ2v) is 9.70. The Balaban J connectivity index is 1.92. The fourth-order valence-electron chi connectivity index (χ4n) is 3.44. The first kappa shape index (κ1) is 24.4. The van der Waals surface area contributed by atoms with Crippen molar-refractivity contribution in [3.63, 3.8) is 0 Å². The van der Waals surface area contributed by atoms with Gasteiger partial charge in [0, 0.05) is 19.2 Å². The maximum Gasteiger partial charge on any atom is 0.244 e. The number of nitrogens with one attached hydrogen (secondary N) is 1. The lowest BCUT2D eigenvalue weighted by atomic mass is 10.1. The van der Waals surface area contributed by atoms with Gasteiger partial charge >= 0.3 is 0 Å². The number of hydrogen-bond donors (Lipinski definition) is 1. The zero-order chi connectivity index (χ0) is 24.0. The predicted molar refractivity (Wildman–Crippen MR) is 125 cm³/mol. The van der Waals surface area contributed by atoms with E-state index in [1.165, 1.54) is 17.9 Å². The van der Waals surface area contributed by atoms with E-state index in [0.717, 1.165) is 9.87 Å². The first-order valence-electron chi connectivity index (χ1n) is 10.8. The fourth-order valence-corrected chi connectivity index (χ4v) is 4.50. The van der Waals surface area contributed by atoms with Crippen LogP contribution in [0.1, 0.15) is 26.3 Å². The summed E-state index contributed by atoms with van der Waals surface area (Å²) >= 11 is 0. The number of carbonyl (C=O) groups excluding carboxylic acids is 2. The molecule has 0 radical (unpaired) electrons.